The summed E-state index contributed by atoms with van der Waals surface area (Å²) in [7, 11) is 0. The highest BCUT2D eigenvalue weighted by Crippen LogP contribution is 2.67. The molecule has 10 rings (SSSR count). The first-order valence-electron chi connectivity index (χ1n) is 19.7. The van der Waals surface area contributed by atoms with Crippen molar-refractivity contribution in [1.29, 1.82) is 0 Å². The van der Waals surface area contributed by atoms with Crippen molar-refractivity contribution < 1.29 is 30.6 Å². The maximum atomic E-state index is 11.8. The lowest BCUT2D eigenvalue weighted by molar-refractivity contribution is -0.0282. The van der Waals surface area contributed by atoms with Gasteiger partial charge in [-0.15, -0.1) is 0 Å². The lowest BCUT2D eigenvalue weighted by atomic mass is 9.41. The van der Waals surface area contributed by atoms with Crippen molar-refractivity contribution in [2.75, 3.05) is 0 Å². The Kier molecular flexibility index (Phi) is 8.57. The number of phenolic OH excluding ortho intramolecular Hbond substituents is 6. The zero-order valence-corrected chi connectivity index (χ0v) is 31.8. The van der Waals surface area contributed by atoms with Crippen LogP contribution in [0.2, 0.25) is 0 Å². The molecule has 4 bridgehead atoms. The van der Waals surface area contributed by atoms with E-state index in [9.17, 15) is 30.6 Å². The highest BCUT2D eigenvalue weighted by molar-refractivity contribution is 5.58. The molecule has 4 aliphatic rings. The quantitative estimate of drug-likeness (QED) is 0.0863. The van der Waals surface area contributed by atoms with Crippen LogP contribution in [0.25, 0.3) is 0 Å². The van der Waals surface area contributed by atoms with Crippen LogP contribution in [0.5, 0.6) is 34.5 Å². The normalized spacial score (nSPS) is 22.6. The minimum absolute atomic E-state index is 0.106. The lowest BCUT2D eigenvalue weighted by Crippen LogP contribution is -2.56. The van der Waals surface area contributed by atoms with Crippen LogP contribution in [0.15, 0.2) is 121 Å². The fourth-order valence-corrected chi connectivity index (χ4v) is 11.4. The smallest absolute Gasteiger partial charge is 0.122 e. The first kappa shape index (κ1) is 35.8. The molecule has 0 amide bonds. The second-order valence-corrected chi connectivity index (χ2v) is 17.2. The molecule has 6 N–H and O–H groups in total. The van der Waals surface area contributed by atoms with Gasteiger partial charge >= 0.3 is 0 Å². The SMILES string of the molecule is Cc1cc(C23CC4CC(C2)CC(c2cc(C)c(O)c(C(c5ccc(O)cc5)c5ccc(O)cc5)c2)(C4)C3)cc(C(c2ccc(O)cc2)c2ccc(O)cc2)c1O. The Morgan fingerprint density at radius 1 is 0.429 bits per heavy atom. The lowest BCUT2D eigenvalue weighted by Gasteiger charge is -2.63. The van der Waals surface area contributed by atoms with Gasteiger partial charge in [-0.05, 0) is 168 Å². The molecule has 4 fully saturated rings. The number of hydrogen-bond acceptors (Lipinski definition) is 6. The number of aryl methyl sites for hydroxylation is 2. The number of benzene rings is 6. The third-order valence-electron chi connectivity index (χ3n) is 13.5. The molecule has 0 atom stereocenters. The number of hydrogen-bond donors (Lipinski definition) is 6. The van der Waals surface area contributed by atoms with Gasteiger partial charge in [0, 0.05) is 23.0 Å². The van der Waals surface area contributed by atoms with Gasteiger partial charge in [-0.2, -0.15) is 0 Å². The molecule has 0 spiro atoms. The maximum absolute atomic E-state index is 11.8. The van der Waals surface area contributed by atoms with Gasteiger partial charge in [0.25, 0.3) is 0 Å². The Hall–Kier alpha value is -5.88. The minimum Gasteiger partial charge on any atom is -0.508 e. The van der Waals surface area contributed by atoms with Crippen molar-refractivity contribution in [2.45, 2.75) is 75.0 Å². The van der Waals surface area contributed by atoms with E-state index >= 15 is 0 Å². The van der Waals surface area contributed by atoms with Gasteiger partial charge in [0.05, 0.1) is 0 Å². The molecule has 56 heavy (non-hydrogen) atoms. The summed E-state index contributed by atoms with van der Waals surface area (Å²) < 4.78 is 0. The van der Waals surface area contributed by atoms with Crippen LogP contribution < -0.4 is 0 Å². The van der Waals surface area contributed by atoms with E-state index in [1.807, 2.05) is 62.4 Å². The Bertz CT molecular complexity index is 2140. The van der Waals surface area contributed by atoms with Crippen LogP contribution in [0.1, 0.15) is 106 Å². The average Bonchev–Trinajstić information content (AvgIpc) is 3.17. The summed E-state index contributed by atoms with van der Waals surface area (Å²) in [6.45, 7) is 3.98. The summed E-state index contributed by atoms with van der Waals surface area (Å²) in [4.78, 5) is 0. The highest BCUT2D eigenvalue weighted by Gasteiger charge is 2.59. The summed E-state index contributed by atoms with van der Waals surface area (Å²) in [5.41, 5.74) is 9.34. The van der Waals surface area contributed by atoms with Crippen LogP contribution in [0.4, 0.5) is 0 Å². The van der Waals surface area contributed by atoms with Crippen LogP contribution >= 0.6 is 0 Å². The fraction of sp³-hybridized carbons (Fsp3) is 0.280. The van der Waals surface area contributed by atoms with Crippen molar-refractivity contribution >= 4 is 0 Å². The van der Waals surface area contributed by atoms with Crippen LogP contribution in [-0.4, -0.2) is 30.6 Å². The van der Waals surface area contributed by atoms with Crippen molar-refractivity contribution in [2.24, 2.45) is 11.8 Å². The molecule has 6 aromatic carbocycles. The fourth-order valence-electron chi connectivity index (χ4n) is 11.4. The van der Waals surface area contributed by atoms with Gasteiger partial charge in [-0.3, -0.25) is 0 Å². The van der Waals surface area contributed by atoms with E-state index in [1.165, 1.54) is 17.5 Å². The van der Waals surface area contributed by atoms with E-state index < -0.39 is 0 Å². The zero-order chi connectivity index (χ0) is 38.9. The van der Waals surface area contributed by atoms with Gasteiger partial charge in [-0.25, -0.2) is 0 Å². The minimum atomic E-state index is -0.322. The topological polar surface area (TPSA) is 121 Å². The molecule has 6 aromatic rings. The van der Waals surface area contributed by atoms with E-state index in [4.69, 9.17) is 0 Å². The maximum Gasteiger partial charge on any atom is 0.122 e. The van der Waals surface area contributed by atoms with Gasteiger partial charge in [0.1, 0.15) is 34.5 Å². The Labute approximate surface area is 328 Å². The van der Waals surface area contributed by atoms with Gasteiger partial charge in [0.15, 0.2) is 0 Å². The van der Waals surface area contributed by atoms with Crippen molar-refractivity contribution in [3.05, 3.63) is 177 Å². The van der Waals surface area contributed by atoms with Gasteiger partial charge in [0.2, 0.25) is 0 Å². The molecule has 0 radical (unpaired) electrons. The Morgan fingerprint density at radius 2 is 0.714 bits per heavy atom. The van der Waals surface area contributed by atoms with Crippen molar-refractivity contribution in [3.63, 3.8) is 0 Å². The van der Waals surface area contributed by atoms with E-state index in [2.05, 4.69) is 24.3 Å². The van der Waals surface area contributed by atoms with E-state index in [-0.39, 0.29) is 57.2 Å². The largest absolute Gasteiger partial charge is 0.508 e. The molecule has 6 heteroatoms. The Balaban J connectivity index is 1.17. The third-order valence-corrected chi connectivity index (χ3v) is 13.5. The molecule has 0 aromatic heterocycles. The van der Waals surface area contributed by atoms with E-state index in [0.29, 0.717) is 11.8 Å². The Morgan fingerprint density at radius 3 is 1.00 bits per heavy atom. The average molecular weight is 745 g/mol. The summed E-state index contributed by atoms with van der Waals surface area (Å²) in [6.07, 6.45) is 6.53. The number of aromatic hydroxyl groups is 6. The summed E-state index contributed by atoms with van der Waals surface area (Å²) in [5.74, 6) is 1.66. The van der Waals surface area contributed by atoms with Crippen LogP contribution in [0.3, 0.4) is 0 Å². The molecule has 4 aliphatic carbocycles. The van der Waals surface area contributed by atoms with E-state index in [1.54, 1.807) is 48.5 Å². The van der Waals surface area contributed by atoms with Crippen LogP contribution in [-0.2, 0) is 10.8 Å². The second-order valence-electron chi connectivity index (χ2n) is 17.2. The molecule has 4 saturated carbocycles. The molecule has 6 nitrogen and oxygen atoms in total. The predicted octanol–water partition coefficient (Wildman–Crippen LogP) is 10.7. The predicted molar refractivity (Wildman–Crippen MR) is 218 cm³/mol. The number of rotatable bonds is 8. The van der Waals surface area contributed by atoms with E-state index in [0.717, 1.165) is 76.6 Å². The van der Waals surface area contributed by atoms with Gasteiger partial charge in [-0.1, -0.05) is 72.8 Å². The van der Waals surface area contributed by atoms with Gasteiger partial charge < -0.3 is 30.6 Å². The standard InChI is InChI=1S/C50H48O6/c1-29-19-37(22-43(47(29)55)45(33-3-11-39(51)12-4-33)34-5-13-40(52)14-6-34)49-24-31-21-32(25-49)27-50(26-31,28-49)38-20-30(2)48(56)44(23-38)46(35-7-15-41(53)16-8-35)36-9-17-42(54)18-10-36/h3-20,22-23,31-32,45-46,51-56H,21,24-28H2,1-2H3. The third kappa shape index (κ3) is 6.12. The number of phenols is 6. The summed E-state index contributed by atoms with van der Waals surface area (Å²) in [6, 6.07) is 37.6. The van der Waals surface area contributed by atoms with Crippen molar-refractivity contribution in [3.8, 4) is 34.5 Å². The molecule has 0 aliphatic heterocycles. The monoisotopic (exact) mass is 744 g/mol. The molecular weight excluding hydrogens is 697 g/mol. The summed E-state index contributed by atoms with van der Waals surface area (Å²) >= 11 is 0. The molecule has 0 heterocycles. The second kappa shape index (κ2) is 13.4. The first-order chi connectivity index (χ1) is 26.9. The summed E-state index contributed by atoms with van der Waals surface area (Å²) in [5, 5.41) is 64.4. The zero-order valence-electron chi connectivity index (χ0n) is 31.8. The van der Waals surface area contributed by atoms with Crippen LogP contribution in [0, 0.1) is 25.7 Å². The highest BCUT2D eigenvalue weighted by atomic mass is 16.3. The molecule has 284 valence electrons. The van der Waals surface area contributed by atoms with Crippen molar-refractivity contribution in [1.82, 2.24) is 0 Å². The molecular formula is C50H48O6. The molecule has 0 saturated heterocycles. The first-order valence-corrected chi connectivity index (χ1v) is 19.7. The molecule has 0 unspecified atom stereocenters.